The number of carbonyl (C=O) groups excluding carboxylic acids is 3. The molecule has 0 aromatic heterocycles. The number of nitrogens with zero attached hydrogens (tertiary/aromatic N) is 3. The summed E-state index contributed by atoms with van der Waals surface area (Å²) in [7, 11) is 0. The van der Waals surface area contributed by atoms with Crippen LogP contribution >= 0.6 is 0 Å². The van der Waals surface area contributed by atoms with Crippen molar-refractivity contribution >= 4 is 23.4 Å². The number of primary amides is 1. The fourth-order valence-electron chi connectivity index (χ4n) is 4.07. The zero-order valence-corrected chi connectivity index (χ0v) is 18.2. The Balaban J connectivity index is 1.36. The first-order valence-electron chi connectivity index (χ1n) is 10.9. The number of anilines is 1. The molecule has 2 aliphatic heterocycles. The van der Waals surface area contributed by atoms with E-state index in [-0.39, 0.29) is 24.9 Å². The number of hydrogen-bond donors (Lipinski definition) is 1. The molecule has 2 aromatic rings. The maximum Gasteiger partial charge on any atom is 0.260 e. The number of hydrogen-bond acceptors (Lipinski definition) is 5. The molecule has 8 nitrogen and oxygen atoms in total. The summed E-state index contributed by atoms with van der Waals surface area (Å²) in [6.45, 7) is 4.72. The molecule has 1 saturated heterocycles. The van der Waals surface area contributed by atoms with Crippen LogP contribution in [0.2, 0.25) is 0 Å². The van der Waals surface area contributed by atoms with Gasteiger partial charge in [-0.05, 0) is 36.2 Å². The number of rotatable bonds is 5. The lowest BCUT2D eigenvalue weighted by molar-refractivity contribution is -0.125. The topological polar surface area (TPSA) is 96.2 Å². The Labute approximate surface area is 187 Å². The molecule has 1 atom stereocenters. The molecule has 0 saturated carbocycles. The van der Waals surface area contributed by atoms with Crippen LogP contribution in [0.1, 0.15) is 22.8 Å². The Bertz CT molecular complexity index is 999. The van der Waals surface area contributed by atoms with Crippen LogP contribution in [0.4, 0.5) is 5.69 Å². The third-order valence-corrected chi connectivity index (χ3v) is 6.02. The minimum absolute atomic E-state index is 0.0186. The van der Waals surface area contributed by atoms with Crippen LogP contribution in [0.25, 0.3) is 0 Å². The molecule has 0 aliphatic carbocycles. The third kappa shape index (κ3) is 4.60. The van der Waals surface area contributed by atoms with Crippen molar-refractivity contribution in [3.8, 4) is 5.75 Å². The van der Waals surface area contributed by atoms with E-state index in [2.05, 4.69) is 6.92 Å². The predicted octanol–water partition coefficient (Wildman–Crippen LogP) is 1.29. The highest BCUT2D eigenvalue weighted by Crippen LogP contribution is 2.33. The molecular weight excluding hydrogens is 408 g/mol. The van der Waals surface area contributed by atoms with Gasteiger partial charge in [0.25, 0.3) is 11.8 Å². The molecule has 1 fully saturated rings. The van der Waals surface area contributed by atoms with Crippen LogP contribution < -0.4 is 15.4 Å². The Hall–Kier alpha value is -3.39. The normalized spacial score (nSPS) is 18.6. The highest BCUT2D eigenvalue weighted by molar-refractivity contribution is 5.98. The number of piperazine rings is 1. The summed E-state index contributed by atoms with van der Waals surface area (Å²) in [5.41, 5.74) is 7.96. The number of ether oxygens (including phenoxy) is 1. The molecule has 2 aliphatic rings. The minimum atomic E-state index is -0.873. The van der Waals surface area contributed by atoms with Gasteiger partial charge in [-0.25, -0.2) is 0 Å². The van der Waals surface area contributed by atoms with Crippen molar-refractivity contribution in [3.63, 3.8) is 0 Å². The molecule has 168 valence electrons. The first kappa shape index (κ1) is 21.8. The lowest BCUT2D eigenvalue weighted by atomic mass is 10.1. The first-order valence-corrected chi connectivity index (χ1v) is 10.9. The molecule has 0 radical (unpaired) electrons. The summed E-state index contributed by atoms with van der Waals surface area (Å²) < 4.78 is 5.63. The summed E-state index contributed by atoms with van der Waals surface area (Å²) in [4.78, 5) is 43.0. The van der Waals surface area contributed by atoms with Gasteiger partial charge in [0.1, 0.15) is 5.75 Å². The summed E-state index contributed by atoms with van der Waals surface area (Å²) in [6, 6.07) is 14.9. The second-order valence-corrected chi connectivity index (χ2v) is 8.10. The van der Waals surface area contributed by atoms with E-state index in [0.29, 0.717) is 43.2 Å². The van der Waals surface area contributed by atoms with Crippen LogP contribution in [0.3, 0.4) is 0 Å². The second-order valence-electron chi connectivity index (χ2n) is 8.10. The van der Waals surface area contributed by atoms with E-state index in [1.165, 1.54) is 5.56 Å². The summed E-state index contributed by atoms with van der Waals surface area (Å²) in [5, 5.41) is 0. The van der Waals surface area contributed by atoms with Crippen molar-refractivity contribution in [2.24, 2.45) is 5.73 Å². The number of carbonyl (C=O) groups is 3. The molecule has 2 heterocycles. The van der Waals surface area contributed by atoms with Crippen LogP contribution in [0.5, 0.6) is 5.75 Å². The largest absolute Gasteiger partial charge is 0.477 e. The van der Waals surface area contributed by atoms with E-state index >= 15 is 0 Å². The number of aryl methyl sites for hydroxylation is 1. The summed E-state index contributed by atoms with van der Waals surface area (Å²) >= 11 is 0. The zero-order chi connectivity index (χ0) is 22.7. The maximum atomic E-state index is 13.1. The summed E-state index contributed by atoms with van der Waals surface area (Å²) in [6.07, 6.45) is 0.0667. The average Bonchev–Trinajstić information content (AvgIpc) is 2.83. The van der Waals surface area contributed by atoms with E-state index in [1.54, 1.807) is 23.1 Å². The van der Waals surface area contributed by atoms with Gasteiger partial charge in [0.2, 0.25) is 5.91 Å². The zero-order valence-electron chi connectivity index (χ0n) is 18.2. The van der Waals surface area contributed by atoms with E-state index in [4.69, 9.17) is 10.5 Å². The van der Waals surface area contributed by atoms with Gasteiger partial charge in [-0.3, -0.25) is 19.3 Å². The Kier molecular flexibility index (Phi) is 6.41. The average molecular weight is 437 g/mol. The molecule has 0 bridgehead atoms. The number of para-hydroxylation sites is 2. The molecule has 8 heteroatoms. The van der Waals surface area contributed by atoms with Crippen molar-refractivity contribution < 1.29 is 19.1 Å². The quantitative estimate of drug-likeness (QED) is 0.762. The Morgan fingerprint density at radius 1 is 1.00 bits per heavy atom. The van der Waals surface area contributed by atoms with Gasteiger partial charge in [-0.1, -0.05) is 31.2 Å². The van der Waals surface area contributed by atoms with Crippen LogP contribution in [-0.4, -0.2) is 72.9 Å². The van der Waals surface area contributed by atoms with E-state index in [0.717, 1.165) is 6.42 Å². The SMILES string of the molecule is CCc1ccc(C(=O)N2CCN(CC(=O)N3CC(C(N)=O)Oc4ccccc43)CC2)cc1. The lowest BCUT2D eigenvalue weighted by Crippen LogP contribution is -2.54. The fourth-order valence-corrected chi connectivity index (χ4v) is 4.07. The van der Waals surface area contributed by atoms with Crippen molar-refractivity contribution in [1.82, 2.24) is 9.80 Å². The standard InChI is InChI=1S/C24H28N4O4/c1-2-17-7-9-18(10-8-17)24(31)27-13-11-26(12-14-27)16-22(29)28-15-21(23(25)30)32-20-6-4-3-5-19(20)28/h3-10,21H,2,11-16H2,1H3,(H2,25,30). The van der Waals surface area contributed by atoms with Gasteiger partial charge in [0.05, 0.1) is 18.8 Å². The van der Waals surface area contributed by atoms with Crippen LogP contribution in [-0.2, 0) is 16.0 Å². The number of fused-ring (bicyclic) bond motifs is 1. The fraction of sp³-hybridized carbons (Fsp3) is 0.375. The third-order valence-electron chi connectivity index (χ3n) is 6.02. The first-order chi connectivity index (χ1) is 15.5. The van der Waals surface area contributed by atoms with Gasteiger partial charge >= 0.3 is 0 Å². The van der Waals surface area contributed by atoms with Gasteiger partial charge in [0, 0.05) is 31.7 Å². The molecule has 0 spiro atoms. The van der Waals surface area contributed by atoms with E-state index in [1.807, 2.05) is 40.1 Å². The van der Waals surface area contributed by atoms with E-state index in [9.17, 15) is 14.4 Å². The Morgan fingerprint density at radius 3 is 2.34 bits per heavy atom. The van der Waals surface area contributed by atoms with E-state index < -0.39 is 12.0 Å². The smallest absolute Gasteiger partial charge is 0.260 e. The van der Waals surface area contributed by atoms with Crippen LogP contribution in [0, 0.1) is 0 Å². The van der Waals surface area contributed by atoms with Crippen molar-refractivity contribution in [2.45, 2.75) is 19.4 Å². The van der Waals surface area contributed by atoms with Crippen molar-refractivity contribution in [3.05, 3.63) is 59.7 Å². The number of amides is 3. The van der Waals surface area contributed by atoms with Crippen molar-refractivity contribution in [2.75, 3.05) is 44.2 Å². The van der Waals surface area contributed by atoms with Crippen LogP contribution in [0.15, 0.2) is 48.5 Å². The molecule has 4 rings (SSSR count). The molecule has 32 heavy (non-hydrogen) atoms. The highest BCUT2D eigenvalue weighted by atomic mass is 16.5. The van der Waals surface area contributed by atoms with Crippen molar-refractivity contribution in [1.29, 1.82) is 0 Å². The molecule has 2 aromatic carbocycles. The Morgan fingerprint density at radius 2 is 1.69 bits per heavy atom. The molecule has 1 unspecified atom stereocenters. The maximum absolute atomic E-state index is 13.1. The molecule has 3 amide bonds. The van der Waals surface area contributed by atoms with Gasteiger partial charge in [-0.2, -0.15) is 0 Å². The van der Waals surface area contributed by atoms with Gasteiger partial charge < -0.3 is 20.3 Å². The number of nitrogens with two attached hydrogens (primary N) is 1. The monoisotopic (exact) mass is 436 g/mol. The molecule has 2 N–H and O–H groups in total. The van der Waals surface area contributed by atoms with Gasteiger partial charge in [-0.15, -0.1) is 0 Å². The highest BCUT2D eigenvalue weighted by Gasteiger charge is 2.33. The number of benzene rings is 2. The molecular formula is C24H28N4O4. The van der Waals surface area contributed by atoms with Gasteiger partial charge in [0.15, 0.2) is 6.10 Å². The minimum Gasteiger partial charge on any atom is -0.477 e. The lowest BCUT2D eigenvalue weighted by Gasteiger charge is -2.37. The summed E-state index contributed by atoms with van der Waals surface area (Å²) in [5.74, 6) is -0.233. The second kappa shape index (κ2) is 9.40. The predicted molar refractivity (Wildman–Crippen MR) is 121 cm³/mol.